The molecule has 136 valence electrons. The molecule has 0 unspecified atom stereocenters. The summed E-state index contributed by atoms with van der Waals surface area (Å²) in [5, 5.41) is 2.98. The summed E-state index contributed by atoms with van der Waals surface area (Å²) in [7, 11) is 0. The first-order chi connectivity index (χ1) is 12.8. The molecule has 26 heavy (non-hydrogen) atoms. The van der Waals surface area contributed by atoms with E-state index in [0.29, 0.717) is 18.7 Å². The van der Waals surface area contributed by atoms with E-state index in [4.69, 9.17) is 4.74 Å². The molecule has 1 aromatic heterocycles. The monoisotopic (exact) mass is 351 g/mol. The largest absolute Gasteiger partial charge is 0.493 e. The normalized spacial score (nSPS) is 16.5. The highest BCUT2D eigenvalue weighted by atomic mass is 16.5. The number of nitrogens with one attached hydrogen (secondary N) is 1. The van der Waals surface area contributed by atoms with Gasteiger partial charge in [0.1, 0.15) is 11.6 Å². The van der Waals surface area contributed by atoms with Gasteiger partial charge < -0.3 is 15.0 Å². The lowest BCUT2D eigenvalue weighted by molar-refractivity contribution is 0.0951. The molecule has 2 aliphatic rings. The Hall–Kier alpha value is -2.56. The van der Waals surface area contributed by atoms with Gasteiger partial charge in [-0.25, -0.2) is 4.98 Å². The molecule has 0 aliphatic carbocycles. The molecule has 4 rings (SSSR count). The van der Waals surface area contributed by atoms with Crippen LogP contribution >= 0.6 is 0 Å². The van der Waals surface area contributed by atoms with Crippen LogP contribution in [0.2, 0.25) is 0 Å². The minimum atomic E-state index is -0.0590. The third-order valence-corrected chi connectivity index (χ3v) is 5.14. The Labute approximate surface area is 154 Å². The van der Waals surface area contributed by atoms with E-state index < -0.39 is 0 Å². The summed E-state index contributed by atoms with van der Waals surface area (Å²) in [4.78, 5) is 19.4. The Kier molecular flexibility index (Phi) is 5.04. The quantitative estimate of drug-likeness (QED) is 0.918. The highest BCUT2D eigenvalue weighted by Gasteiger charge is 2.15. The molecule has 1 saturated heterocycles. The van der Waals surface area contributed by atoms with Crippen molar-refractivity contribution in [3.05, 3.63) is 53.2 Å². The van der Waals surface area contributed by atoms with Gasteiger partial charge in [0.2, 0.25) is 0 Å². The lowest BCUT2D eigenvalue weighted by Gasteiger charge is -2.21. The maximum atomic E-state index is 12.4. The zero-order valence-corrected chi connectivity index (χ0v) is 15.0. The second-order valence-corrected chi connectivity index (χ2v) is 7.03. The number of anilines is 1. The number of amides is 1. The number of carbonyl (C=O) groups excluding carboxylic acids is 1. The van der Waals surface area contributed by atoms with Crippen LogP contribution in [0.4, 0.5) is 5.82 Å². The van der Waals surface area contributed by atoms with Crippen molar-refractivity contribution in [1.29, 1.82) is 0 Å². The fourth-order valence-corrected chi connectivity index (χ4v) is 3.62. The molecule has 0 spiro atoms. The molecular weight excluding hydrogens is 326 g/mol. The van der Waals surface area contributed by atoms with Gasteiger partial charge in [0, 0.05) is 37.8 Å². The Morgan fingerprint density at radius 1 is 1.12 bits per heavy atom. The van der Waals surface area contributed by atoms with E-state index in [1.165, 1.54) is 25.7 Å². The number of hydrogen-bond acceptors (Lipinski definition) is 4. The minimum absolute atomic E-state index is 0.0590. The van der Waals surface area contributed by atoms with Gasteiger partial charge in [-0.2, -0.15) is 0 Å². The minimum Gasteiger partial charge on any atom is -0.493 e. The van der Waals surface area contributed by atoms with Crippen LogP contribution in [0.3, 0.4) is 0 Å². The highest BCUT2D eigenvalue weighted by Crippen LogP contribution is 2.25. The van der Waals surface area contributed by atoms with Crippen LogP contribution in [0.15, 0.2) is 36.5 Å². The Morgan fingerprint density at radius 2 is 1.96 bits per heavy atom. The number of carbonyl (C=O) groups is 1. The van der Waals surface area contributed by atoms with Crippen LogP contribution in [0, 0.1) is 0 Å². The summed E-state index contributed by atoms with van der Waals surface area (Å²) >= 11 is 0. The van der Waals surface area contributed by atoms with Gasteiger partial charge in [-0.3, -0.25) is 4.79 Å². The standard InChI is InChI=1S/C21H25N3O2/c25-21(18-6-7-19-17(13-18)9-12-26-19)23-15-16-5-8-20(22-14-16)24-10-3-1-2-4-11-24/h5-8,13-14H,1-4,9-12,15H2,(H,23,25). The average molecular weight is 351 g/mol. The lowest BCUT2D eigenvalue weighted by atomic mass is 10.1. The van der Waals surface area contributed by atoms with Crippen LogP contribution in [-0.2, 0) is 13.0 Å². The van der Waals surface area contributed by atoms with Crippen molar-refractivity contribution < 1.29 is 9.53 Å². The number of pyridine rings is 1. The van der Waals surface area contributed by atoms with Crippen LogP contribution in [0.5, 0.6) is 5.75 Å². The first-order valence-electron chi connectivity index (χ1n) is 9.53. The number of ether oxygens (including phenoxy) is 1. The van der Waals surface area contributed by atoms with Gasteiger partial charge in [0.15, 0.2) is 0 Å². The first kappa shape index (κ1) is 16.9. The van der Waals surface area contributed by atoms with Gasteiger partial charge in [-0.05, 0) is 48.2 Å². The van der Waals surface area contributed by atoms with Gasteiger partial charge >= 0.3 is 0 Å². The zero-order valence-electron chi connectivity index (χ0n) is 15.0. The molecule has 5 nitrogen and oxygen atoms in total. The van der Waals surface area contributed by atoms with Crippen molar-refractivity contribution in [3.8, 4) is 5.75 Å². The SMILES string of the molecule is O=C(NCc1ccc(N2CCCCCC2)nc1)c1ccc2c(c1)CCO2. The summed E-state index contributed by atoms with van der Waals surface area (Å²) in [6.45, 7) is 3.37. The molecule has 2 aromatic rings. The topological polar surface area (TPSA) is 54.5 Å². The van der Waals surface area contributed by atoms with E-state index >= 15 is 0 Å². The van der Waals surface area contributed by atoms with E-state index in [9.17, 15) is 4.79 Å². The lowest BCUT2D eigenvalue weighted by Crippen LogP contribution is -2.25. The molecule has 1 aromatic carbocycles. The van der Waals surface area contributed by atoms with E-state index in [1.54, 1.807) is 0 Å². The Morgan fingerprint density at radius 3 is 2.73 bits per heavy atom. The van der Waals surface area contributed by atoms with Gasteiger partial charge in [-0.15, -0.1) is 0 Å². The molecular formula is C21H25N3O2. The number of hydrogen-bond donors (Lipinski definition) is 1. The van der Waals surface area contributed by atoms with Gasteiger partial charge in [0.05, 0.1) is 6.61 Å². The molecule has 2 aliphatic heterocycles. The fourth-order valence-electron chi connectivity index (χ4n) is 3.62. The van der Waals surface area contributed by atoms with Crippen molar-refractivity contribution in [2.45, 2.75) is 38.6 Å². The molecule has 1 N–H and O–H groups in total. The summed E-state index contributed by atoms with van der Waals surface area (Å²) in [6, 6.07) is 9.76. The van der Waals surface area contributed by atoms with Crippen molar-refractivity contribution in [2.24, 2.45) is 0 Å². The summed E-state index contributed by atoms with van der Waals surface area (Å²) in [6.07, 6.45) is 7.86. The second-order valence-electron chi connectivity index (χ2n) is 7.03. The highest BCUT2D eigenvalue weighted by molar-refractivity contribution is 5.94. The smallest absolute Gasteiger partial charge is 0.251 e. The van der Waals surface area contributed by atoms with Crippen LogP contribution in [0.25, 0.3) is 0 Å². The van der Waals surface area contributed by atoms with E-state index in [-0.39, 0.29) is 5.91 Å². The summed E-state index contributed by atoms with van der Waals surface area (Å²) in [5.74, 6) is 1.88. The molecule has 3 heterocycles. The molecule has 0 saturated carbocycles. The van der Waals surface area contributed by atoms with Crippen LogP contribution < -0.4 is 15.0 Å². The van der Waals surface area contributed by atoms with Gasteiger partial charge in [-0.1, -0.05) is 18.9 Å². The molecule has 1 amide bonds. The Balaban J connectivity index is 1.34. The number of nitrogens with zero attached hydrogens (tertiary/aromatic N) is 2. The third-order valence-electron chi connectivity index (χ3n) is 5.14. The molecule has 0 radical (unpaired) electrons. The predicted molar refractivity (Wildman–Crippen MR) is 102 cm³/mol. The van der Waals surface area contributed by atoms with Crippen LogP contribution in [0.1, 0.15) is 47.2 Å². The van der Waals surface area contributed by atoms with Crippen molar-refractivity contribution in [2.75, 3.05) is 24.6 Å². The average Bonchev–Trinajstić information content (AvgIpc) is 2.98. The maximum absolute atomic E-state index is 12.4. The maximum Gasteiger partial charge on any atom is 0.251 e. The predicted octanol–water partition coefficient (Wildman–Crippen LogP) is 3.33. The van der Waals surface area contributed by atoms with E-state index in [2.05, 4.69) is 27.3 Å². The van der Waals surface area contributed by atoms with Crippen molar-refractivity contribution in [3.63, 3.8) is 0 Å². The number of rotatable bonds is 4. The second kappa shape index (κ2) is 7.77. The third kappa shape index (κ3) is 3.82. The van der Waals surface area contributed by atoms with Gasteiger partial charge in [0.25, 0.3) is 5.91 Å². The Bertz CT molecular complexity index is 765. The number of aromatic nitrogens is 1. The number of benzene rings is 1. The van der Waals surface area contributed by atoms with Crippen molar-refractivity contribution >= 4 is 11.7 Å². The van der Waals surface area contributed by atoms with Crippen LogP contribution in [-0.4, -0.2) is 30.6 Å². The first-order valence-corrected chi connectivity index (χ1v) is 9.53. The number of fused-ring (bicyclic) bond motifs is 1. The fraction of sp³-hybridized carbons (Fsp3) is 0.429. The zero-order chi connectivity index (χ0) is 17.8. The van der Waals surface area contributed by atoms with Crippen molar-refractivity contribution in [1.82, 2.24) is 10.3 Å². The van der Waals surface area contributed by atoms with E-state index in [0.717, 1.165) is 42.2 Å². The summed E-state index contributed by atoms with van der Waals surface area (Å²) in [5.41, 5.74) is 2.81. The summed E-state index contributed by atoms with van der Waals surface area (Å²) < 4.78 is 5.49. The molecule has 1 fully saturated rings. The van der Waals surface area contributed by atoms with E-state index in [1.807, 2.05) is 24.4 Å². The molecule has 5 heteroatoms. The molecule has 0 atom stereocenters. The molecule has 0 bridgehead atoms.